The van der Waals surface area contributed by atoms with Crippen molar-refractivity contribution >= 4 is 17.0 Å². The number of hydrogen-bond acceptors (Lipinski definition) is 5. The molecule has 4 heterocycles. The Morgan fingerprint density at radius 3 is 2.82 bits per heavy atom. The molecule has 3 aromatic rings. The summed E-state index contributed by atoms with van der Waals surface area (Å²) in [5.41, 5.74) is -0.0635. The lowest BCUT2D eigenvalue weighted by Gasteiger charge is -2.32. The first-order chi connectivity index (χ1) is 13.2. The molecule has 1 aliphatic heterocycles. The van der Waals surface area contributed by atoms with Crippen molar-refractivity contribution in [1.29, 1.82) is 0 Å². The second-order valence-corrected chi connectivity index (χ2v) is 7.03. The van der Waals surface area contributed by atoms with Crippen LogP contribution in [0.4, 0.5) is 13.2 Å². The van der Waals surface area contributed by atoms with Gasteiger partial charge in [-0.05, 0) is 25.8 Å². The van der Waals surface area contributed by atoms with E-state index in [1.807, 2.05) is 0 Å². The number of amides is 1. The molecule has 1 fully saturated rings. The molecule has 1 unspecified atom stereocenters. The molecule has 1 atom stereocenters. The van der Waals surface area contributed by atoms with E-state index in [4.69, 9.17) is 4.52 Å². The van der Waals surface area contributed by atoms with Crippen molar-refractivity contribution < 1.29 is 22.5 Å². The van der Waals surface area contributed by atoms with Crippen LogP contribution in [0.15, 0.2) is 23.0 Å². The van der Waals surface area contributed by atoms with Gasteiger partial charge in [0.1, 0.15) is 0 Å². The van der Waals surface area contributed by atoms with Crippen molar-refractivity contribution in [3.63, 3.8) is 0 Å². The minimum atomic E-state index is -4.55. The highest BCUT2D eigenvalue weighted by molar-refractivity contribution is 5.93. The van der Waals surface area contributed by atoms with Crippen LogP contribution in [0.25, 0.3) is 11.1 Å². The summed E-state index contributed by atoms with van der Waals surface area (Å²) in [6.07, 6.45) is -0.135. The molecular formula is C18H18F3N5O2. The molecule has 0 radical (unpaired) electrons. The van der Waals surface area contributed by atoms with E-state index in [-0.39, 0.29) is 40.9 Å². The molecule has 1 amide bonds. The number of carbonyl (C=O) groups is 1. The van der Waals surface area contributed by atoms with Crippen LogP contribution in [0.3, 0.4) is 0 Å². The lowest BCUT2D eigenvalue weighted by Crippen LogP contribution is -2.39. The zero-order valence-electron chi connectivity index (χ0n) is 15.3. The van der Waals surface area contributed by atoms with E-state index in [1.165, 1.54) is 17.8 Å². The van der Waals surface area contributed by atoms with Crippen LogP contribution in [-0.2, 0) is 13.2 Å². The van der Waals surface area contributed by atoms with Crippen LogP contribution < -0.4 is 0 Å². The molecule has 1 saturated heterocycles. The molecule has 0 bridgehead atoms. The topological polar surface area (TPSA) is 77.1 Å². The summed E-state index contributed by atoms with van der Waals surface area (Å²) < 4.78 is 47.3. The second kappa shape index (κ2) is 6.61. The summed E-state index contributed by atoms with van der Waals surface area (Å²) in [7, 11) is 1.72. The first-order valence-electron chi connectivity index (χ1n) is 8.86. The van der Waals surface area contributed by atoms with Crippen LogP contribution in [0.1, 0.15) is 46.1 Å². The number of alkyl halides is 3. The average molecular weight is 393 g/mol. The molecule has 0 N–H and O–H groups in total. The number of aryl methyl sites for hydroxylation is 2. The van der Waals surface area contributed by atoms with Gasteiger partial charge in [0.2, 0.25) is 0 Å². The van der Waals surface area contributed by atoms with E-state index in [0.29, 0.717) is 24.9 Å². The molecule has 0 aliphatic carbocycles. The molecule has 0 spiro atoms. The third kappa shape index (κ3) is 3.23. The zero-order valence-corrected chi connectivity index (χ0v) is 15.3. The number of piperidine rings is 1. The van der Waals surface area contributed by atoms with Crippen molar-refractivity contribution in [2.24, 2.45) is 7.05 Å². The Morgan fingerprint density at radius 1 is 1.36 bits per heavy atom. The summed E-state index contributed by atoms with van der Waals surface area (Å²) in [6.45, 7) is 2.29. The molecule has 148 valence electrons. The second-order valence-electron chi connectivity index (χ2n) is 7.03. The highest BCUT2D eigenvalue weighted by atomic mass is 19.4. The fourth-order valence-electron chi connectivity index (χ4n) is 3.66. The Hall–Kier alpha value is -2.91. The maximum atomic E-state index is 13.6. The molecule has 7 nitrogen and oxygen atoms in total. The molecule has 0 aromatic carbocycles. The van der Waals surface area contributed by atoms with Gasteiger partial charge in [-0.2, -0.15) is 18.3 Å². The highest BCUT2D eigenvalue weighted by Crippen LogP contribution is 2.38. The van der Waals surface area contributed by atoms with E-state index in [9.17, 15) is 18.0 Å². The van der Waals surface area contributed by atoms with E-state index >= 15 is 0 Å². The van der Waals surface area contributed by atoms with Crippen molar-refractivity contribution in [2.45, 2.75) is 31.9 Å². The molecule has 1 aliphatic rings. The fourth-order valence-corrected chi connectivity index (χ4v) is 3.66. The number of pyridine rings is 1. The van der Waals surface area contributed by atoms with E-state index < -0.39 is 11.7 Å². The van der Waals surface area contributed by atoms with Crippen molar-refractivity contribution in [2.75, 3.05) is 13.1 Å². The van der Waals surface area contributed by atoms with Crippen LogP contribution in [0.5, 0.6) is 0 Å². The Morgan fingerprint density at radius 2 is 2.14 bits per heavy atom. The van der Waals surface area contributed by atoms with E-state index in [2.05, 4.69) is 15.2 Å². The van der Waals surface area contributed by atoms with Crippen LogP contribution >= 0.6 is 0 Å². The predicted octanol–water partition coefficient (Wildman–Crippen LogP) is 3.30. The first-order valence-corrected chi connectivity index (χ1v) is 8.86. The summed E-state index contributed by atoms with van der Waals surface area (Å²) >= 11 is 0. The summed E-state index contributed by atoms with van der Waals surface area (Å²) in [6, 6.07) is 1.06. The van der Waals surface area contributed by atoms with Crippen molar-refractivity contribution in [3.8, 4) is 0 Å². The van der Waals surface area contributed by atoms with Crippen molar-refractivity contribution in [3.05, 3.63) is 41.0 Å². The smallest absolute Gasteiger partial charge is 0.338 e. The standard InChI is InChI=1S/C18H18F3N5O2/c1-10-15-13(18(19,20)21)6-14(23-16(15)28-24-10)11-4-3-5-26(9-11)17(27)12-7-22-25(2)8-12/h6-8,11H,3-5,9H2,1-2H3. The Bertz CT molecular complexity index is 1040. The largest absolute Gasteiger partial charge is 0.417 e. The van der Waals surface area contributed by atoms with Gasteiger partial charge in [-0.25, -0.2) is 4.98 Å². The van der Waals surface area contributed by atoms with E-state index in [1.54, 1.807) is 18.1 Å². The van der Waals surface area contributed by atoms with Gasteiger partial charge in [0.25, 0.3) is 11.6 Å². The van der Waals surface area contributed by atoms with Crippen molar-refractivity contribution in [1.82, 2.24) is 24.8 Å². The SMILES string of the molecule is Cc1noc2nc(C3CCCN(C(=O)c4cnn(C)c4)C3)cc(C(F)(F)F)c12. The Labute approximate surface area is 158 Å². The lowest BCUT2D eigenvalue weighted by atomic mass is 9.92. The predicted molar refractivity (Wildman–Crippen MR) is 92.6 cm³/mol. The van der Waals surface area contributed by atoms with Crippen LogP contribution in [0.2, 0.25) is 0 Å². The van der Waals surface area contributed by atoms with E-state index in [0.717, 1.165) is 6.07 Å². The fraction of sp³-hybridized carbons (Fsp3) is 0.444. The molecule has 4 rings (SSSR count). The number of hydrogen-bond donors (Lipinski definition) is 0. The minimum Gasteiger partial charge on any atom is -0.338 e. The average Bonchev–Trinajstić information content (AvgIpc) is 3.26. The number of carbonyl (C=O) groups excluding carboxylic acids is 1. The van der Waals surface area contributed by atoms with Gasteiger partial charge in [-0.15, -0.1) is 0 Å². The molecule has 10 heteroatoms. The maximum Gasteiger partial charge on any atom is 0.417 e. The van der Waals surface area contributed by atoms with Gasteiger partial charge in [-0.3, -0.25) is 9.48 Å². The number of nitrogens with zero attached hydrogens (tertiary/aromatic N) is 5. The monoisotopic (exact) mass is 393 g/mol. The zero-order chi connectivity index (χ0) is 20.1. The number of fused-ring (bicyclic) bond motifs is 1. The molecule has 3 aromatic heterocycles. The molecular weight excluding hydrogens is 375 g/mol. The quantitative estimate of drug-likeness (QED) is 0.668. The number of likely N-dealkylation sites (tertiary alicyclic amines) is 1. The summed E-state index contributed by atoms with van der Waals surface area (Å²) in [5.74, 6) is -0.504. The van der Waals surface area contributed by atoms with Gasteiger partial charge in [-0.1, -0.05) is 5.16 Å². The first kappa shape index (κ1) is 18.5. The van der Waals surface area contributed by atoms with Gasteiger partial charge in [0.15, 0.2) is 0 Å². The lowest BCUT2D eigenvalue weighted by molar-refractivity contribution is -0.136. The molecule has 28 heavy (non-hydrogen) atoms. The van der Waals surface area contributed by atoms with Crippen LogP contribution in [0, 0.1) is 6.92 Å². The Balaban J connectivity index is 1.67. The third-order valence-corrected chi connectivity index (χ3v) is 5.02. The summed E-state index contributed by atoms with van der Waals surface area (Å²) in [5, 5.41) is 7.51. The van der Waals surface area contributed by atoms with Crippen LogP contribution in [-0.4, -0.2) is 43.8 Å². The molecule has 0 saturated carbocycles. The summed E-state index contributed by atoms with van der Waals surface area (Å²) in [4.78, 5) is 18.6. The number of aromatic nitrogens is 4. The third-order valence-electron chi connectivity index (χ3n) is 5.02. The maximum absolute atomic E-state index is 13.6. The normalized spacial score (nSPS) is 18.0. The Kier molecular flexibility index (Phi) is 4.35. The minimum absolute atomic E-state index is 0.115. The van der Waals surface area contributed by atoms with Gasteiger partial charge < -0.3 is 9.42 Å². The highest BCUT2D eigenvalue weighted by Gasteiger charge is 2.37. The van der Waals surface area contributed by atoms with Gasteiger partial charge in [0.05, 0.1) is 34.1 Å². The van der Waals surface area contributed by atoms with Gasteiger partial charge in [0, 0.05) is 32.3 Å². The van der Waals surface area contributed by atoms with Gasteiger partial charge >= 0.3 is 6.18 Å². The number of rotatable bonds is 2. The number of halogens is 3.